The molecule has 3 N–H and O–H groups in total. The Labute approximate surface area is 294 Å². The Morgan fingerprint density at radius 3 is 2.35 bits per heavy atom. The molecule has 0 aliphatic carbocycles. The van der Waals surface area contributed by atoms with Crippen molar-refractivity contribution in [1.29, 1.82) is 5.26 Å². The first-order chi connectivity index (χ1) is 24.5. The number of halogens is 6. The van der Waals surface area contributed by atoms with Gasteiger partial charge in [0, 0.05) is 25.3 Å². The number of aliphatic carboxylic acids is 1. The molecule has 0 spiro atoms. The van der Waals surface area contributed by atoms with Crippen LogP contribution in [0.2, 0.25) is 0 Å². The Hall–Kier alpha value is -5.18. The number of nitrogens with two attached hydrogens (primary N) is 1. The smallest absolute Gasteiger partial charge is 0.416 e. The summed E-state index contributed by atoms with van der Waals surface area (Å²) in [5, 5.41) is 17.8. The highest BCUT2D eigenvalue weighted by atomic mass is 19.4. The van der Waals surface area contributed by atoms with E-state index in [4.69, 9.17) is 30.3 Å². The van der Waals surface area contributed by atoms with Gasteiger partial charge in [0.2, 0.25) is 5.88 Å². The molecule has 0 radical (unpaired) electrons. The van der Waals surface area contributed by atoms with Crippen LogP contribution in [0, 0.1) is 11.3 Å². The minimum absolute atomic E-state index is 0.0141. The molecule has 18 heteroatoms. The number of amides is 1. The second-order valence-electron chi connectivity index (χ2n) is 12.0. The fourth-order valence-electron chi connectivity index (χ4n) is 5.67. The Kier molecular flexibility index (Phi) is 12.5. The third-order valence-corrected chi connectivity index (χ3v) is 8.33. The van der Waals surface area contributed by atoms with Gasteiger partial charge in [-0.05, 0) is 61.9 Å². The molecule has 280 valence electrons. The maximum absolute atomic E-state index is 13.7. The highest BCUT2D eigenvalue weighted by molar-refractivity contribution is 5.91. The van der Waals surface area contributed by atoms with E-state index in [1.54, 1.807) is 6.92 Å². The normalized spacial score (nSPS) is 17.2. The van der Waals surface area contributed by atoms with E-state index < -0.39 is 53.5 Å². The first-order valence-corrected chi connectivity index (χ1v) is 16.2. The number of hydrogen-bond acceptors (Lipinski definition) is 10. The molecule has 12 nitrogen and oxygen atoms in total. The molecule has 0 fully saturated rings. The quantitative estimate of drug-likeness (QED) is 0.129. The molecule has 1 aromatic carbocycles. The first kappa shape index (κ1) is 39.6. The van der Waals surface area contributed by atoms with Gasteiger partial charge in [0.15, 0.2) is 5.75 Å². The summed E-state index contributed by atoms with van der Waals surface area (Å²) in [6.07, 6.45) is -9.26. The standard InChI is InChI=1S/C34H36F6N6O6/c1-3-32(42)18-23(29-25(9-10-27(45-29)50-2)46(32)31(49)52-13-6-4-8-28(47)48)30-43-19-26(51-12-7-5-11-41)24(44-30)16-20-14-21(33(35,36)37)17-22(15-20)34(38,39)40/h9-10,14-15,17,19,23H,3-8,12-13,16,18,42H2,1-2H3,(H,47,48)/t23-,32+/m0/s1. The van der Waals surface area contributed by atoms with Crippen molar-refractivity contribution in [3.8, 4) is 17.7 Å². The van der Waals surface area contributed by atoms with Crippen molar-refractivity contribution in [3.63, 3.8) is 0 Å². The van der Waals surface area contributed by atoms with Crippen LogP contribution in [0.5, 0.6) is 11.6 Å². The van der Waals surface area contributed by atoms with Gasteiger partial charge >= 0.3 is 24.4 Å². The first-order valence-electron chi connectivity index (χ1n) is 16.2. The van der Waals surface area contributed by atoms with Crippen LogP contribution in [0.25, 0.3) is 0 Å². The maximum Gasteiger partial charge on any atom is 0.416 e. The molecule has 0 saturated heterocycles. The lowest BCUT2D eigenvalue weighted by molar-refractivity contribution is -0.143. The zero-order valence-electron chi connectivity index (χ0n) is 28.2. The molecule has 3 heterocycles. The summed E-state index contributed by atoms with van der Waals surface area (Å²) in [6.45, 7) is 1.63. The molecule has 2 atom stereocenters. The number of carbonyl (C=O) groups excluding carboxylic acids is 1. The molecular weight excluding hydrogens is 702 g/mol. The highest BCUT2D eigenvalue weighted by Crippen LogP contribution is 2.46. The van der Waals surface area contributed by atoms with E-state index in [2.05, 4.69) is 15.0 Å². The molecule has 2 aromatic heterocycles. The predicted octanol–water partition coefficient (Wildman–Crippen LogP) is 6.99. The van der Waals surface area contributed by atoms with Crippen LogP contribution >= 0.6 is 0 Å². The summed E-state index contributed by atoms with van der Waals surface area (Å²) in [7, 11) is 1.37. The number of rotatable bonds is 14. The van der Waals surface area contributed by atoms with Gasteiger partial charge in [-0.25, -0.2) is 19.7 Å². The molecule has 1 amide bonds. The number of ether oxygens (including phenoxy) is 3. The summed E-state index contributed by atoms with van der Waals surface area (Å²) >= 11 is 0. The van der Waals surface area contributed by atoms with Crippen molar-refractivity contribution in [2.45, 2.75) is 82.2 Å². The maximum atomic E-state index is 13.7. The van der Waals surface area contributed by atoms with Gasteiger partial charge in [0.05, 0.1) is 66.7 Å². The Morgan fingerprint density at radius 2 is 1.75 bits per heavy atom. The lowest BCUT2D eigenvalue weighted by Gasteiger charge is -2.46. The summed E-state index contributed by atoms with van der Waals surface area (Å²) in [5.41, 5.74) is 2.49. The predicted molar refractivity (Wildman–Crippen MR) is 171 cm³/mol. The van der Waals surface area contributed by atoms with Crippen molar-refractivity contribution < 1.29 is 55.2 Å². The number of benzene rings is 1. The monoisotopic (exact) mass is 738 g/mol. The largest absolute Gasteiger partial charge is 0.490 e. The Bertz CT molecular complexity index is 1770. The molecule has 52 heavy (non-hydrogen) atoms. The van der Waals surface area contributed by atoms with E-state index in [9.17, 15) is 35.9 Å². The van der Waals surface area contributed by atoms with Gasteiger partial charge in [0.25, 0.3) is 0 Å². The minimum Gasteiger partial charge on any atom is -0.490 e. The molecule has 3 aromatic rings. The number of nitrogens with zero attached hydrogens (tertiary/aromatic N) is 5. The SMILES string of the molecule is CC[C@]1(N)C[C@H](c2ncc(OCCCC#N)c(Cc3cc(C(F)(F)F)cc(C(F)(F)F)c3)n2)c2nc(OC)ccc2N1C(=O)OCCCCC(=O)O. The number of pyridine rings is 1. The van der Waals surface area contributed by atoms with Crippen LogP contribution in [-0.4, -0.2) is 58.1 Å². The molecule has 4 rings (SSSR count). The number of methoxy groups -OCH3 is 1. The topological polar surface area (TPSA) is 174 Å². The number of aromatic nitrogens is 3. The molecule has 1 aliphatic rings. The summed E-state index contributed by atoms with van der Waals surface area (Å²) in [6, 6.07) is 6.21. The van der Waals surface area contributed by atoms with Crippen molar-refractivity contribution in [2.24, 2.45) is 5.73 Å². The van der Waals surface area contributed by atoms with Gasteiger partial charge in [0.1, 0.15) is 11.5 Å². The second kappa shape index (κ2) is 16.4. The van der Waals surface area contributed by atoms with Crippen LogP contribution in [-0.2, 0) is 28.3 Å². The zero-order chi connectivity index (χ0) is 38.3. The fourth-order valence-corrected chi connectivity index (χ4v) is 5.67. The Morgan fingerprint density at radius 1 is 1.06 bits per heavy atom. The average molecular weight is 739 g/mol. The van der Waals surface area contributed by atoms with E-state index in [1.165, 1.54) is 30.3 Å². The summed E-state index contributed by atoms with van der Waals surface area (Å²) in [4.78, 5) is 39.2. The molecule has 1 aliphatic heterocycles. The number of nitriles is 1. The number of hydrogen-bond donors (Lipinski definition) is 2. The molecular formula is C34H36F6N6O6. The zero-order valence-corrected chi connectivity index (χ0v) is 28.2. The van der Waals surface area contributed by atoms with Gasteiger partial charge in [-0.3, -0.25) is 9.69 Å². The minimum atomic E-state index is -5.07. The lowest BCUT2D eigenvalue weighted by atomic mass is 9.83. The number of carboxylic acid groups (broad SMARTS) is 1. The number of carboxylic acids is 1. The van der Waals surface area contributed by atoms with E-state index in [0.29, 0.717) is 12.1 Å². The van der Waals surface area contributed by atoms with Crippen molar-refractivity contribution >= 4 is 17.7 Å². The van der Waals surface area contributed by atoms with E-state index in [-0.39, 0.29) is 104 Å². The average Bonchev–Trinajstić information content (AvgIpc) is 3.08. The summed E-state index contributed by atoms with van der Waals surface area (Å²) < 4.78 is 98.7. The van der Waals surface area contributed by atoms with Gasteiger partial charge in [-0.1, -0.05) is 6.92 Å². The van der Waals surface area contributed by atoms with Gasteiger partial charge < -0.3 is 25.1 Å². The molecule has 0 bridgehead atoms. The van der Waals surface area contributed by atoms with Crippen molar-refractivity contribution in [1.82, 2.24) is 15.0 Å². The van der Waals surface area contributed by atoms with Crippen molar-refractivity contribution in [2.75, 3.05) is 25.2 Å². The molecule has 0 saturated carbocycles. The fraction of sp³-hybridized carbons (Fsp3) is 0.471. The van der Waals surface area contributed by atoms with Crippen LogP contribution < -0.4 is 20.1 Å². The van der Waals surface area contributed by atoms with Crippen LogP contribution in [0.15, 0.2) is 36.5 Å². The summed E-state index contributed by atoms with van der Waals surface area (Å²) in [5.74, 6) is -1.69. The van der Waals surface area contributed by atoms with E-state index in [0.717, 1.165) is 0 Å². The second-order valence-corrected chi connectivity index (χ2v) is 12.0. The Balaban J connectivity index is 1.80. The highest BCUT2D eigenvalue weighted by Gasteiger charge is 2.47. The van der Waals surface area contributed by atoms with E-state index in [1.807, 2.05) is 6.07 Å². The van der Waals surface area contributed by atoms with Gasteiger partial charge in [-0.2, -0.15) is 31.6 Å². The number of unbranched alkanes of at least 4 members (excludes halogenated alkanes) is 2. The number of anilines is 1. The van der Waals surface area contributed by atoms with Gasteiger partial charge in [-0.15, -0.1) is 0 Å². The lowest BCUT2D eigenvalue weighted by Crippen LogP contribution is -2.61. The van der Waals surface area contributed by atoms with E-state index >= 15 is 0 Å². The number of carbonyl (C=O) groups is 2. The van der Waals surface area contributed by atoms with Crippen LogP contribution in [0.4, 0.5) is 36.8 Å². The third kappa shape index (κ3) is 9.57. The number of fused-ring (bicyclic) bond motifs is 1. The third-order valence-electron chi connectivity index (χ3n) is 8.33. The number of alkyl halides is 6. The van der Waals surface area contributed by atoms with Crippen molar-refractivity contribution in [3.05, 3.63) is 70.4 Å². The van der Waals surface area contributed by atoms with Crippen LogP contribution in [0.3, 0.4) is 0 Å². The molecule has 0 unspecified atom stereocenters. The van der Waals surface area contributed by atoms with Crippen LogP contribution in [0.1, 0.15) is 91.7 Å².